The van der Waals surface area contributed by atoms with Gasteiger partial charge in [-0.05, 0) is 135 Å². The molecule has 0 aliphatic heterocycles. The minimum Gasteiger partial charge on any atom is -0.504 e. The third-order valence-electron chi connectivity index (χ3n) is 20.6. The first-order valence-electron chi connectivity index (χ1n) is 47.2. The van der Waals surface area contributed by atoms with Crippen LogP contribution in [0, 0.1) is 5.41 Å². The molecule has 0 fully saturated rings. The summed E-state index contributed by atoms with van der Waals surface area (Å²) in [7, 11) is 9.55. The van der Waals surface area contributed by atoms with Crippen LogP contribution in [0.3, 0.4) is 0 Å². The number of carbonyl (C=O) groups is 5. The zero-order valence-corrected chi connectivity index (χ0v) is 84.4. The van der Waals surface area contributed by atoms with Crippen molar-refractivity contribution in [2.24, 2.45) is 5.41 Å². The van der Waals surface area contributed by atoms with Crippen molar-refractivity contribution < 1.29 is 198 Å². The summed E-state index contributed by atoms with van der Waals surface area (Å²) < 4.78 is 152. The van der Waals surface area contributed by atoms with Gasteiger partial charge in [0.1, 0.15) is 64.4 Å². The van der Waals surface area contributed by atoms with E-state index in [0.717, 1.165) is 0 Å². The molecule has 142 heavy (non-hydrogen) atoms. The number of para-hydroxylation sites is 3. The van der Waals surface area contributed by atoms with E-state index in [2.05, 4.69) is 26.6 Å². The van der Waals surface area contributed by atoms with Crippen molar-refractivity contribution in [2.45, 2.75) is 64.6 Å². The van der Waals surface area contributed by atoms with Gasteiger partial charge in [0.15, 0.2) is 57.5 Å². The molecule has 6 aromatic carbocycles. The maximum atomic E-state index is 15.2. The van der Waals surface area contributed by atoms with Gasteiger partial charge in [-0.25, -0.2) is 0 Å². The van der Waals surface area contributed by atoms with Gasteiger partial charge in [-0.1, -0.05) is 18.2 Å². The summed E-state index contributed by atoms with van der Waals surface area (Å²) in [5.41, 5.74) is -0.669. The average molecular weight is 2100 g/mol. The van der Waals surface area contributed by atoms with E-state index in [1.807, 2.05) is 0 Å². The van der Waals surface area contributed by atoms with Gasteiger partial charge in [0.05, 0.1) is 215 Å². The van der Waals surface area contributed by atoms with Crippen molar-refractivity contribution in [3.8, 4) is 80.5 Å². The van der Waals surface area contributed by atoms with Crippen molar-refractivity contribution in [1.29, 1.82) is 0 Å². The second-order valence-electron chi connectivity index (χ2n) is 31.1. The van der Waals surface area contributed by atoms with Crippen LogP contribution < -0.4 is 64.5 Å². The molecule has 0 bridgehead atoms. The predicted molar refractivity (Wildman–Crippen MR) is 513 cm³/mol. The Kier molecular flexibility index (Phi) is 66.6. The number of phenolic OH excluding ortho intramolecular Hbond substituents is 6. The summed E-state index contributed by atoms with van der Waals surface area (Å²) in [5.74, 6) is -4.48. The first-order valence-corrected chi connectivity index (χ1v) is 47.2. The largest absolute Gasteiger partial charge is 0.504 e. The first kappa shape index (κ1) is 122. The van der Waals surface area contributed by atoms with Crippen molar-refractivity contribution >= 4 is 29.5 Å². The molecule has 1 radical (unpaired) electrons. The van der Waals surface area contributed by atoms with E-state index in [4.69, 9.17) is 123 Å². The molecule has 0 aliphatic rings. The molecule has 43 heteroatoms. The van der Waals surface area contributed by atoms with Crippen LogP contribution >= 0.6 is 0 Å². The summed E-state index contributed by atoms with van der Waals surface area (Å²) in [6, 6.07) is 23.6. The Hall–Kier alpha value is -10.2. The van der Waals surface area contributed by atoms with Crippen LogP contribution in [-0.4, -0.2) is 373 Å². The number of unbranched alkanes of at least 4 members (excludes halogenated alkanes) is 1. The molecule has 42 nitrogen and oxygen atoms in total. The van der Waals surface area contributed by atoms with E-state index in [1.165, 1.54) is 54.6 Å². The summed E-state index contributed by atoms with van der Waals surface area (Å²) in [6.45, 7) is 9.86. The van der Waals surface area contributed by atoms with E-state index in [-0.39, 0.29) is 292 Å². The van der Waals surface area contributed by atoms with Gasteiger partial charge in [-0.15, -0.1) is 0 Å². The van der Waals surface area contributed by atoms with Gasteiger partial charge in [-0.3, -0.25) is 24.0 Å². The maximum Gasteiger partial charge on any atom is 0.255 e. The number of phenols is 6. The van der Waals surface area contributed by atoms with Gasteiger partial charge in [0.2, 0.25) is 17.4 Å². The molecule has 5 amide bonds. The second kappa shape index (κ2) is 77.3. The average Bonchev–Trinajstić information content (AvgIpc) is 0.821. The van der Waals surface area contributed by atoms with E-state index in [0.29, 0.717) is 143 Å². The number of hydrogen-bond acceptors (Lipinski definition) is 37. The minimum atomic E-state index is -1.28. The Balaban J connectivity index is 0.0000355. The molecule has 797 valence electrons. The number of nitrogens with one attached hydrogen (secondary N) is 5. The van der Waals surface area contributed by atoms with Crippen LogP contribution in [-0.2, 0) is 123 Å². The van der Waals surface area contributed by atoms with Crippen molar-refractivity contribution in [1.82, 2.24) is 26.6 Å². The molecule has 0 aliphatic carbocycles. The van der Waals surface area contributed by atoms with Crippen LogP contribution in [0.1, 0.15) is 104 Å². The normalized spacial score (nSPS) is 11.3. The topological polar surface area (TPSA) is 507 Å². The quantitative estimate of drug-likeness (QED) is 0.0129. The molecular formula is C99H147N5O37Tc. The summed E-state index contributed by atoms with van der Waals surface area (Å²) in [6.07, 6.45) is 1.52. The van der Waals surface area contributed by atoms with Gasteiger partial charge in [0.25, 0.3) is 23.6 Å². The third-order valence-corrected chi connectivity index (χ3v) is 20.6. The number of ether oxygens (including phenoxy) is 26. The van der Waals surface area contributed by atoms with Crippen molar-refractivity contribution in [2.75, 3.05) is 313 Å². The molecule has 0 atom stereocenters. The molecule has 0 unspecified atom stereocenters. The summed E-state index contributed by atoms with van der Waals surface area (Å²) in [5, 5.41) is 76.6. The zero-order chi connectivity index (χ0) is 101. The Bertz CT molecular complexity index is 4030. The van der Waals surface area contributed by atoms with Gasteiger partial charge in [-0.2, -0.15) is 0 Å². The Morgan fingerprint density at radius 3 is 0.761 bits per heavy atom. The zero-order valence-electron chi connectivity index (χ0n) is 82.5. The Morgan fingerprint density at radius 2 is 0.493 bits per heavy atom. The van der Waals surface area contributed by atoms with Gasteiger partial charge < -0.3 is 180 Å². The van der Waals surface area contributed by atoms with Crippen LogP contribution in [0.2, 0.25) is 0 Å². The molecule has 0 saturated heterocycles. The SMILES string of the molecule is COCCOCCOCCOc1cc(COc2cc(OCc3cc(OCCOCCOCCOC)c(OCCOCCOCCOC)c(OCCOCCOCCOC)c3)cc(C(=O)NCCCCNC(=O)C(CCCNC(=O)c3cccc(O)c3O)(CCCNC(=O)c3cccc(O)c3O)CCCNC(=O)c3cccc(O)c3O)c2)cc(OCCOCCOCCOC)c1OCCOCCOCCOC.[Tc]. The molecule has 6 aromatic rings. The van der Waals surface area contributed by atoms with Crippen LogP contribution in [0.5, 0.6) is 80.5 Å². The number of aromatic hydroxyl groups is 6. The molecule has 0 aromatic heterocycles. The monoisotopic (exact) mass is 2090 g/mol. The van der Waals surface area contributed by atoms with Crippen LogP contribution in [0.4, 0.5) is 0 Å². The van der Waals surface area contributed by atoms with E-state index in [1.54, 1.807) is 85.1 Å². The first-order chi connectivity index (χ1) is 68.9. The standard InChI is InChI=1S/C99H147N5O37.Tc/c1-116-29-35-122-41-47-128-53-59-134-85-65-74(66-86(135-60-54-129-48-42-123-36-30-117-2)92(85)138-63-57-132-51-45-126-39-33-120-5)72-140-77-69-76(70-78(71-77)141-73-75-67-87(136-61-55-130-49-43-124-37-31-118-3)93(139-64-58-133-52-46-127-40-34-121-6)88(68-75)137-62-56-131-50-44-125-38-32-119-4)94(111)100-24-7-8-25-104-98(115)99(21-12-26-101-95(112)79-15-9-18-82(105)89(79)108,22-13-27-102-96(113)80-16-10-19-83(106)90(80)109)23-14-28-103-97(114)81-17-11-20-84(107)91(81)110;/h9-11,15-20,65-71,105-110H,7-8,12-14,21-64,72-73H2,1-6H3,(H,100,111)(H,101,112)(H,102,113)(H,103,114)(H,104,115);. The third kappa shape index (κ3) is 50.4. The maximum absolute atomic E-state index is 15.2. The smallest absolute Gasteiger partial charge is 0.255 e. The molecule has 0 spiro atoms. The fourth-order valence-corrected chi connectivity index (χ4v) is 13.4. The molecule has 0 saturated carbocycles. The molecule has 6 rings (SSSR count). The summed E-state index contributed by atoms with van der Waals surface area (Å²) >= 11 is 0. The molecular weight excluding hydrogens is 1950 g/mol. The number of hydrogen-bond donors (Lipinski definition) is 11. The minimum absolute atomic E-state index is 0. The van der Waals surface area contributed by atoms with Gasteiger partial charge >= 0.3 is 0 Å². The molecule has 11 N–H and O–H groups in total. The van der Waals surface area contributed by atoms with E-state index < -0.39 is 69.4 Å². The van der Waals surface area contributed by atoms with E-state index in [9.17, 15) is 49.8 Å². The van der Waals surface area contributed by atoms with Crippen LogP contribution in [0.15, 0.2) is 97.1 Å². The number of carbonyl (C=O) groups excluding carboxylic acids is 5. The number of methoxy groups -OCH3 is 6. The number of rotatable bonds is 88. The van der Waals surface area contributed by atoms with Gasteiger partial charge in [0, 0.05) is 113 Å². The van der Waals surface area contributed by atoms with Crippen LogP contribution in [0.25, 0.3) is 0 Å². The van der Waals surface area contributed by atoms with Crippen molar-refractivity contribution in [3.63, 3.8) is 0 Å². The fourth-order valence-electron chi connectivity index (χ4n) is 13.4. The van der Waals surface area contributed by atoms with E-state index >= 15 is 4.79 Å². The number of benzene rings is 6. The second-order valence-corrected chi connectivity index (χ2v) is 31.1. The Morgan fingerprint density at radius 1 is 0.261 bits per heavy atom. The fraction of sp³-hybridized carbons (Fsp3) is 0.586. The number of amides is 5. The predicted octanol–water partition coefficient (Wildman–Crippen LogP) is 7.67. The summed E-state index contributed by atoms with van der Waals surface area (Å²) in [4.78, 5) is 70.3. The molecule has 0 heterocycles. The van der Waals surface area contributed by atoms with Crippen molar-refractivity contribution in [3.05, 3.63) is 130 Å². The Labute approximate surface area is 843 Å².